The molecule has 5 aliphatic carbocycles. The van der Waals surface area contributed by atoms with Gasteiger partial charge in [-0.1, -0.05) is 135 Å². The highest BCUT2D eigenvalue weighted by molar-refractivity contribution is 5.98. The maximum Gasteiger partial charge on any atom is 0.0205 e. The number of hydrogen-bond acceptors (Lipinski definition) is 0. The van der Waals surface area contributed by atoms with Gasteiger partial charge in [-0.3, -0.25) is 0 Å². The number of fused-ring (bicyclic) bond motifs is 4. The molecule has 2 unspecified atom stereocenters. The van der Waals surface area contributed by atoms with Crippen LogP contribution in [0, 0.1) is 11.8 Å². The molecule has 194 valence electrons. The van der Waals surface area contributed by atoms with Crippen molar-refractivity contribution in [2.45, 2.75) is 19.3 Å². The zero-order chi connectivity index (χ0) is 27.3. The van der Waals surface area contributed by atoms with E-state index in [0.29, 0.717) is 11.8 Å². The second kappa shape index (κ2) is 8.18. The van der Waals surface area contributed by atoms with Crippen LogP contribution in [0.5, 0.6) is 0 Å². The summed E-state index contributed by atoms with van der Waals surface area (Å²) in [7, 11) is 0. The van der Waals surface area contributed by atoms with E-state index in [9.17, 15) is 0 Å². The Labute approximate surface area is 241 Å². The predicted octanol–water partition coefficient (Wildman–Crippen LogP) is 10.3. The molecule has 0 N–H and O–H groups in total. The van der Waals surface area contributed by atoms with Crippen LogP contribution in [0.4, 0.5) is 0 Å². The molecule has 0 aliphatic heterocycles. The second-order valence-corrected chi connectivity index (χ2v) is 12.5. The average molecular weight is 523 g/mol. The van der Waals surface area contributed by atoms with E-state index in [1.165, 1.54) is 77.6 Å². The first-order valence-electron chi connectivity index (χ1n) is 14.8. The van der Waals surface area contributed by atoms with Crippen molar-refractivity contribution in [3.05, 3.63) is 173 Å². The second-order valence-electron chi connectivity index (χ2n) is 12.5. The maximum atomic E-state index is 2.48. The Morgan fingerprint density at radius 1 is 0.537 bits per heavy atom. The maximum absolute atomic E-state index is 2.48. The molecule has 4 aromatic carbocycles. The first-order valence-corrected chi connectivity index (χ1v) is 14.8. The standard InChI is InChI=1S/C41H30/c1-41(2)37-23-29(32-12-6-8-25-7-3-4-11-31(25)32)17-20-34(37)35-21-18-30(24-38(35)41)33-19-15-28-14-13-26-9-5-10-27-16-22-36(33)40(28)39(26)27/h3-24,39-40H,1-2H3. The van der Waals surface area contributed by atoms with Gasteiger partial charge in [0.05, 0.1) is 0 Å². The zero-order valence-electron chi connectivity index (χ0n) is 23.4. The van der Waals surface area contributed by atoms with Gasteiger partial charge >= 0.3 is 0 Å². The van der Waals surface area contributed by atoms with E-state index in [1.807, 2.05) is 0 Å². The largest absolute Gasteiger partial charge is 0.0617 e. The third-order valence-electron chi connectivity index (χ3n) is 10.1. The molecule has 0 saturated carbocycles. The molecule has 0 radical (unpaired) electrons. The van der Waals surface area contributed by atoms with Crippen molar-refractivity contribution in [1.29, 1.82) is 0 Å². The number of hydrogen-bond donors (Lipinski definition) is 0. The van der Waals surface area contributed by atoms with Crippen LogP contribution in [0.2, 0.25) is 0 Å². The van der Waals surface area contributed by atoms with Crippen molar-refractivity contribution in [2.24, 2.45) is 11.8 Å². The molecule has 0 saturated heterocycles. The Balaban J connectivity index is 1.16. The molecule has 0 heteroatoms. The van der Waals surface area contributed by atoms with Crippen molar-refractivity contribution in [3.8, 4) is 22.3 Å². The van der Waals surface area contributed by atoms with E-state index in [2.05, 4.69) is 147 Å². The fourth-order valence-electron chi connectivity index (χ4n) is 8.02. The molecular formula is C41H30. The Morgan fingerprint density at radius 2 is 1.22 bits per heavy atom. The Hall–Kier alpha value is -4.68. The zero-order valence-corrected chi connectivity index (χ0v) is 23.4. The predicted molar refractivity (Wildman–Crippen MR) is 173 cm³/mol. The monoisotopic (exact) mass is 522 g/mol. The van der Waals surface area contributed by atoms with E-state index in [0.717, 1.165) is 0 Å². The first kappa shape index (κ1) is 23.1. The number of allylic oxidation sites excluding steroid dienone is 14. The topological polar surface area (TPSA) is 0 Å². The van der Waals surface area contributed by atoms with Gasteiger partial charge < -0.3 is 0 Å². The molecule has 9 rings (SSSR count). The van der Waals surface area contributed by atoms with Crippen LogP contribution < -0.4 is 0 Å². The van der Waals surface area contributed by atoms with Gasteiger partial charge in [0.1, 0.15) is 0 Å². The lowest BCUT2D eigenvalue weighted by molar-refractivity contribution is 0.566. The molecule has 0 aromatic heterocycles. The fraction of sp³-hybridized carbons (Fsp3) is 0.122. The molecule has 4 aromatic rings. The summed E-state index contributed by atoms with van der Waals surface area (Å²) in [5.41, 5.74) is 16.5. The highest BCUT2D eigenvalue weighted by atomic mass is 14.4. The summed E-state index contributed by atoms with van der Waals surface area (Å²) in [6.45, 7) is 4.79. The van der Waals surface area contributed by atoms with E-state index in [-0.39, 0.29) is 5.41 Å². The summed E-state index contributed by atoms with van der Waals surface area (Å²) in [5.74, 6) is 0.834. The summed E-state index contributed by atoms with van der Waals surface area (Å²) >= 11 is 0. The van der Waals surface area contributed by atoms with Gasteiger partial charge in [0.2, 0.25) is 0 Å². The Kier molecular flexibility index (Phi) is 4.60. The molecule has 0 amide bonds. The summed E-state index contributed by atoms with van der Waals surface area (Å²) in [6, 6.07) is 29.7. The van der Waals surface area contributed by atoms with Crippen molar-refractivity contribution in [1.82, 2.24) is 0 Å². The van der Waals surface area contributed by atoms with Crippen LogP contribution in [-0.4, -0.2) is 0 Å². The lowest BCUT2D eigenvalue weighted by Crippen LogP contribution is -2.29. The van der Waals surface area contributed by atoms with E-state index in [4.69, 9.17) is 0 Å². The molecule has 41 heavy (non-hydrogen) atoms. The lowest BCUT2D eigenvalue weighted by Gasteiger charge is -2.40. The fourth-order valence-corrected chi connectivity index (χ4v) is 8.02. The highest BCUT2D eigenvalue weighted by Gasteiger charge is 2.39. The highest BCUT2D eigenvalue weighted by Crippen LogP contribution is 2.53. The van der Waals surface area contributed by atoms with E-state index in [1.54, 1.807) is 0 Å². The van der Waals surface area contributed by atoms with Crippen molar-refractivity contribution in [2.75, 3.05) is 0 Å². The van der Waals surface area contributed by atoms with Gasteiger partial charge in [-0.25, -0.2) is 0 Å². The minimum Gasteiger partial charge on any atom is -0.0617 e. The van der Waals surface area contributed by atoms with Crippen LogP contribution in [0.1, 0.15) is 30.5 Å². The third kappa shape index (κ3) is 3.16. The SMILES string of the molecule is CC1(C)c2cc(C3=C4C=CC5=CC=CC6=CC=C(C=C3)C4C56)ccc2-c2ccc(-c3cccc4ccccc34)cc21. The molecule has 0 heterocycles. The minimum absolute atomic E-state index is 0.0802. The molecule has 0 spiro atoms. The first-order chi connectivity index (χ1) is 20.1. The van der Waals surface area contributed by atoms with Gasteiger partial charge in [-0.15, -0.1) is 0 Å². The van der Waals surface area contributed by atoms with Gasteiger partial charge in [0, 0.05) is 17.3 Å². The summed E-state index contributed by atoms with van der Waals surface area (Å²) < 4.78 is 0. The quantitative estimate of drug-likeness (QED) is 0.246. The smallest absolute Gasteiger partial charge is 0.0205 e. The lowest BCUT2D eigenvalue weighted by atomic mass is 9.63. The summed E-state index contributed by atoms with van der Waals surface area (Å²) in [4.78, 5) is 0. The number of rotatable bonds is 2. The van der Waals surface area contributed by atoms with Crippen LogP contribution in [0.3, 0.4) is 0 Å². The van der Waals surface area contributed by atoms with Gasteiger partial charge in [0.15, 0.2) is 0 Å². The molecule has 0 fully saturated rings. The minimum atomic E-state index is -0.0802. The number of benzene rings is 4. The Morgan fingerprint density at radius 3 is 2.07 bits per heavy atom. The Bertz CT molecular complexity index is 2060. The molecule has 2 atom stereocenters. The van der Waals surface area contributed by atoms with Crippen LogP contribution in [0.25, 0.3) is 38.6 Å². The van der Waals surface area contributed by atoms with Gasteiger partial charge in [-0.2, -0.15) is 0 Å². The van der Waals surface area contributed by atoms with Crippen molar-refractivity contribution in [3.63, 3.8) is 0 Å². The summed E-state index contributed by atoms with van der Waals surface area (Å²) in [5, 5.41) is 2.60. The third-order valence-corrected chi connectivity index (χ3v) is 10.1. The molecular weight excluding hydrogens is 492 g/mol. The van der Waals surface area contributed by atoms with Gasteiger partial charge in [-0.05, 0) is 89.7 Å². The molecule has 0 nitrogen and oxygen atoms in total. The average Bonchev–Trinajstić information content (AvgIpc) is 3.24. The van der Waals surface area contributed by atoms with Crippen molar-refractivity contribution >= 4 is 16.3 Å². The van der Waals surface area contributed by atoms with E-state index >= 15 is 0 Å². The van der Waals surface area contributed by atoms with E-state index < -0.39 is 0 Å². The molecule has 5 aliphatic rings. The van der Waals surface area contributed by atoms with Crippen LogP contribution in [-0.2, 0) is 5.41 Å². The van der Waals surface area contributed by atoms with Crippen LogP contribution >= 0.6 is 0 Å². The molecule has 0 bridgehead atoms. The van der Waals surface area contributed by atoms with Crippen molar-refractivity contribution < 1.29 is 0 Å². The normalized spacial score (nSPS) is 22.1. The van der Waals surface area contributed by atoms with Crippen LogP contribution in [0.15, 0.2) is 156 Å². The summed E-state index contributed by atoms with van der Waals surface area (Å²) in [6.07, 6.45) is 20.8. The van der Waals surface area contributed by atoms with Gasteiger partial charge in [0.25, 0.3) is 0 Å².